The van der Waals surface area contributed by atoms with E-state index in [-0.39, 0.29) is 0 Å². The molecule has 0 aromatic carbocycles. The molecule has 6 unspecified atom stereocenters. The number of aromatic nitrogens is 2. The molecule has 2 rings (SSSR count). The number of hydrogen-bond acceptors (Lipinski definition) is 11. The summed E-state index contributed by atoms with van der Waals surface area (Å²) in [7, 11) is 0. The molecule has 0 fully saturated rings. The number of aliphatic carboxylic acids is 1. The van der Waals surface area contributed by atoms with Gasteiger partial charge in [0.15, 0.2) is 29.4 Å². The third-order valence-electron chi connectivity index (χ3n) is 5.02. The number of hydrogen-bond donors (Lipinski definition) is 9. The molecule has 0 radical (unpaired) electrons. The van der Waals surface area contributed by atoms with E-state index in [0.29, 0.717) is 10.8 Å². The average molecular weight is 502 g/mol. The van der Waals surface area contributed by atoms with Crippen LogP contribution < -0.4 is 33.9 Å². The van der Waals surface area contributed by atoms with Crippen LogP contribution in [0.4, 0.5) is 10.2 Å². The first-order valence-corrected chi connectivity index (χ1v) is 10.0. The number of aliphatic hydroxyl groups is 3. The standard InChI is InChI=1S/C18H27FN8O8/c19-8-5-27(17(33)26-13(8)21)11-2-1-10(25-14(30)9(20)6-28)12(35-11)18(34,15(31)32)3-7(29)4-24-16(22)23/h1-2,5,7,9-12,28-29,34H,3-4,6,20H2,(H,25,30)(H,31,32)(H2,21,26,33)(H4,22,23,24). The van der Waals surface area contributed by atoms with Crippen LogP contribution in [0.2, 0.25) is 0 Å². The minimum Gasteiger partial charge on any atom is -0.479 e. The van der Waals surface area contributed by atoms with Crippen molar-refractivity contribution in [2.45, 2.75) is 42.5 Å². The summed E-state index contributed by atoms with van der Waals surface area (Å²) in [6.45, 7) is -1.23. The number of aliphatic hydroxyl groups excluding tert-OH is 2. The fraction of sp³-hybridized carbons (Fsp3) is 0.500. The van der Waals surface area contributed by atoms with Crippen molar-refractivity contribution in [1.29, 1.82) is 0 Å². The number of nitrogens with zero attached hydrogens (tertiary/aromatic N) is 3. The first-order valence-electron chi connectivity index (χ1n) is 10.0. The third-order valence-corrected chi connectivity index (χ3v) is 5.02. The van der Waals surface area contributed by atoms with Crippen LogP contribution in [0.3, 0.4) is 0 Å². The number of guanidine groups is 1. The van der Waals surface area contributed by atoms with Gasteiger partial charge < -0.3 is 53.4 Å². The molecular formula is C18H27FN8O8. The van der Waals surface area contributed by atoms with Crippen LogP contribution in [0.5, 0.6) is 0 Å². The van der Waals surface area contributed by atoms with Crippen molar-refractivity contribution < 1.29 is 39.1 Å². The molecule has 16 nitrogen and oxygen atoms in total. The number of nitrogens with one attached hydrogen (secondary N) is 1. The van der Waals surface area contributed by atoms with Crippen LogP contribution in [-0.4, -0.2) is 90.9 Å². The predicted octanol–water partition coefficient (Wildman–Crippen LogP) is -4.94. The van der Waals surface area contributed by atoms with Crippen LogP contribution in [-0.2, 0) is 14.3 Å². The molecule has 1 aliphatic rings. The molecule has 0 saturated heterocycles. The highest BCUT2D eigenvalue weighted by Crippen LogP contribution is 2.31. The zero-order valence-corrected chi connectivity index (χ0v) is 18.2. The Bertz CT molecular complexity index is 1060. The number of carboxylic acids is 1. The molecule has 194 valence electrons. The number of ether oxygens (including phenoxy) is 1. The fourth-order valence-corrected chi connectivity index (χ4v) is 3.24. The van der Waals surface area contributed by atoms with E-state index in [1.807, 2.05) is 0 Å². The van der Waals surface area contributed by atoms with Gasteiger partial charge >= 0.3 is 11.7 Å². The summed E-state index contributed by atoms with van der Waals surface area (Å²) in [6.07, 6.45) is -2.90. The number of rotatable bonds is 10. The summed E-state index contributed by atoms with van der Waals surface area (Å²) in [5, 5.41) is 42.6. The Morgan fingerprint density at radius 1 is 1.37 bits per heavy atom. The van der Waals surface area contributed by atoms with Crippen molar-refractivity contribution in [1.82, 2.24) is 14.9 Å². The highest BCUT2D eigenvalue weighted by molar-refractivity contribution is 5.83. The van der Waals surface area contributed by atoms with E-state index in [9.17, 15) is 34.1 Å². The summed E-state index contributed by atoms with van der Waals surface area (Å²) in [4.78, 5) is 43.4. The summed E-state index contributed by atoms with van der Waals surface area (Å²) < 4.78 is 20.2. The predicted molar refractivity (Wildman–Crippen MR) is 117 cm³/mol. The Morgan fingerprint density at radius 2 is 2.03 bits per heavy atom. The SMILES string of the molecule is NC(N)=NCC(O)CC(O)(C(=O)O)C1OC(n2cc(F)c(N)nc2=O)C=CC1NC(=O)C(N)CO. The van der Waals surface area contributed by atoms with Gasteiger partial charge in [0.1, 0.15) is 12.1 Å². The smallest absolute Gasteiger partial charge is 0.352 e. The topological polar surface area (TPSA) is 288 Å². The van der Waals surface area contributed by atoms with Gasteiger partial charge in [-0.15, -0.1) is 0 Å². The van der Waals surface area contributed by atoms with Crippen molar-refractivity contribution in [3.05, 3.63) is 34.7 Å². The van der Waals surface area contributed by atoms with Gasteiger partial charge in [-0.05, 0) is 6.08 Å². The average Bonchev–Trinajstić information content (AvgIpc) is 2.79. The zero-order chi connectivity index (χ0) is 26.5. The molecule has 13 N–H and O–H groups in total. The molecule has 0 aliphatic carbocycles. The van der Waals surface area contributed by atoms with Crippen LogP contribution >= 0.6 is 0 Å². The van der Waals surface area contributed by atoms with E-state index in [1.54, 1.807) is 0 Å². The minimum atomic E-state index is -2.91. The maximum atomic E-state index is 13.9. The second kappa shape index (κ2) is 11.2. The van der Waals surface area contributed by atoms with E-state index >= 15 is 0 Å². The monoisotopic (exact) mass is 502 g/mol. The first-order chi connectivity index (χ1) is 16.3. The number of amides is 1. The number of halogens is 1. The molecule has 2 heterocycles. The lowest BCUT2D eigenvalue weighted by atomic mass is 9.84. The molecule has 0 bridgehead atoms. The molecule has 0 saturated carbocycles. The van der Waals surface area contributed by atoms with E-state index in [1.165, 1.54) is 0 Å². The molecule has 0 spiro atoms. The maximum Gasteiger partial charge on any atom is 0.352 e. The number of carbonyl (C=O) groups is 2. The van der Waals surface area contributed by atoms with Gasteiger partial charge in [-0.2, -0.15) is 4.98 Å². The van der Waals surface area contributed by atoms with E-state index in [4.69, 9.17) is 32.8 Å². The van der Waals surface area contributed by atoms with Crippen LogP contribution in [0.15, 0.2) is 28.1 Å². The van der Waals surface area contributed by atoms with Gasteiger partial charge in [0.05, 0.1) is 31.5 Å². The molecule has 35 heavy (non-hydrogen) atoms. The number of carboxylic acid groups (broad SMARTS) is 1. The largest absolute Gasteiger partial charge is 0.479 e. The molecule has 1 aromatic rings. The van der Waals surface area contributed by atoms with Gasteiger partial charge in [0.25, 0.3) is 0 Å². The minimum absolute atomic E-state index is 0.403. The van der Waals surface area contributed by atoms with Gasteiger partial charge in [-0.25, -0.2) is 14.0 Å². The second-order valence-electron chi connectivity index (χ2n) is 7.67. The number of nitrogens with two attached hydrogens (primary N) is 4. The Hall–Kier alpha value is -3.64. The molecule has 17 heteroatoms. The van der Waals surface area contributed by atoms with Crippen LogP contribution in [0.25, 0.3) is 0 Å². The normalized spacial score (nSPS) is 23.1. The third kappa shape index (κ3) is 6.49. The van der Waals surface area contributed by atoms with Gasteiger partial charge in [0, 0.05) is 6.42 Å². The number of nitrogen functional groups attached to an aromatic ring is 1. The van der Waals surface area contributed by atoms with Crippen LogP contribution in [0, 0.1) is 5.82 Å². The Balaban J connectivity index is 2.50. The van der Waals surface area contributed by atoms with E-state index in [0.717, 1.165) is 12.2 Å². The summed E-state index contributed by atoms with van der Waals surface area (Å²) in [6, 6.07) is -2.79. The van der Waals surface area contributed by atoms with Gasteiger partial charge in [0.2, 0.25) is 5.91 Å². The maximum absolute atomic E-state index is 13.9. The Kier molecular flexibility index (Phi) is 8.83. The molecule has 6 atom stereocenters. The molecule has 1 aliphatic heterocycles. The molecule has 1 aromatic heterocycles. The molecular weight excluding hydrogens is 475 g/mol. The van der Waals surface area contributed by atoms with Crippen molar-refractivity contribution in [3.63, 3.8) is 0 Å². The van der Waals surface area contributed by atoms with E-state index in [2.05, 4.69) is 15.3 Å². The van der Waals surface area contributed by atoms with E-state index < -0.39 is 90.9 Å². The summed E-state index contributed by atoms with van der Waals surface area (Å²) in [5.41, 5.74) is 17.2. The zero-order valence-electron chi connectivity index (χ0n) is 18.2. The van der Waals surface area contributed by atoms with Gasteiger partial charge in [-0.3, -0.25) is 14.4 Å². The van der Waals surface area contributed by atoms with Crippen molar-refractivity contribution >= 4 is 23.7 Å². The second-order valence-corrected chi connectivity index (χ2v) is 7.67. The Labute approximate surface area is 196 Å². The summed E-state index contributed by atoms with van der Waals surface area (Å²) >= 11 is 0. The number of carbonyl (C=O) groups excluding carboxylic acids is 1. The first kappa shape index (κ1) is 27.6. The fourth-order valence-electron chi connectivity index (χ4n) is 3.24. The summed E-state index contributed by atoms with van der Waals surface area (Å²) in [5.74, 6) is -4.97. The highest BCUT2D eigenvalue weighted by atomic mass is 19.1. The van der Waals surface area contributed by atoms with Crippen molar-refractivity contribution in [3.8, 4) is 0 Å². The number of aliphatic imine (C=N–C) groups is 1. The quantitative estimate of drug-likeness (QED) is 0.0824. The lowest BCUT2D eigenvalue weighted by Crippen LogP contribution is -2.63. The lowest BCUT2D eigenvalue weighted by molar-refractivity contribution is -0.197. The molecule has 1 amide bonds. The van der Waals surface area contributed by atoms with Crippen molar-refractivity contribution in [2.24, 2.45) is 22.2 Å². The van der Waals surface area contributed by atoms with Crippen LogP contribution in [0.1, 0.15) is 12.6 Å². The Morgan fingerprint density at radius 3 is 2.60 bits per heavy atom. The van der Waals surface area contributed by atoms with Gasteiger partial charge in [-0.1, -0.05) is 6.08 Å². The lowest BCUT2D eigenvalue weighted by Gasteiger charge is -2.41. The highest BCUT2D eigenvalue weighted by Gasteiger charge is 2.52. The number of anilines is 1. The van der Waals surface area contributed by atoms with Crippen molar-refractivity contribution in [2.75, 3.05) is 18.9 Å².